The highest BCUT2D eigenvalue weighted by molar-refractivity contribution is 5.73. The maximum absolute atomic E-state index is 11.6. The van der Waals surface area contributed by atoms with Crippen LogP contribution in [0.25, 0.3) is 0 Å². The van der Waals surface area contributed by atoms with Gasteiger partial charge in [0.2, 0.25) is 12.2 Å². The third-order valence-corrected chi connectivity index (χ3v) is 4.33. The fourth-order valence-corrected chi connectivity index (χ4v) is 3.08. The van der Waals surface area contributed by atoms with Crippen LogP contribution < -0.4 is 10.1 Å². The third-order valence-electron chi connectivity index (χ3n) is 4.33. The fraction of sp³-hybridized carbons (Fsp3) is 0.611. The van der Waals surface area contributed by atoms with Gasteiger partial charge in [0.25, 0.3) is 0 Å². The number of aliphatic hydroxyl groups excluding tert-OH is 1. The van der Waals surface area contributed by atoms with Gasteiger partial charge in [0.15, 0.2) is 5.79 Å². The number of nitrogens with one attached hydrogen (secondary N) is 1. The maximum atomic E-state index is 11.6. The SMILES string of the molecule is CC(=O)N[C@H]1[C@@H](Oc2ccc(C)cc2)O[C@H]2COC(C)(C)O[C@@H]2[C@H]1O. The first-order valence-corrected chi connectivity index (χ1v) is 8.41. The van der Waals surface area contributed by atoms with Crippen LogP contribution in [0.5, 0.6) is 5.75 Å². The Labute approximate surface area is 147 Å². The van der Waals surface area contributed by atoms with E-state index in [0.29, 0.717) is 5.75 Å². The minimum Gasteiger partial charge on any atom is -0.463 e. The van der Waals surface area contributed by atoms with Gasteiger partial charge >= 0.3 is 0 Å². The second kappa shape index (κ2) is 6.92. The Morgan fingerprint density at radius 3 is 2.64 bits per heavy atom. The highest BCUT2D eigenvalue weighted by Crippen LogP contribution is 2.33. The summed E-state index contributed by atoms with van der Waals surface area (Å²) in [6.07, 6.45) is -2.93. The molecular weight excluding hydrogens is 326 g/mol. The van der Waals surface area contributed by atoms with Crippen LogP contribution in [0, 0.1) is 6.92 Å². The zero-order valence-corrected chi connectivity index (χ0v) is 14.9. The number of ether oxygens (including phenoxy) is 4. The molecule has 0 aromatic heterocycles. The smallest absolute Gasteiger partial charge is 0.223 e. The molecular formula is C18H25NO6. The van der Waals surface area contributed by atoms with Gasteiger partial charge in [-0.05, 0) is 32.9 Å². The van der Waals surface area contributed by atoms with E-state index in [-0.39, 0.29) is 12.5 Å². The first-order chi connectivity index (χ1) is 11.7. The Bertz CT molecular complexity index is 616. The third kappa shape index (κ3) is 4.12. The van der Waals surface area contributed by atoms with Crippen LogP contribution in [0.4, 0.5) is 0 Å². The van der Waals surface area contributed by atoms with Gasteiger partial charge in [0.1, 0.15) is 30.1 Å². The molecule has 25 heavy (non-hydrogen) atoms. The van der Waals surface area contributed by atoms with Crippen molar-refractivity contribution in [3.8, 4) is 5.75 Å². The van der Waals surface area contributed by atoms with Gasteiger partial charge in [-0.25, -0.2) is 0 Å². The molecule has 1 amide bonds. The number of carbonyl (C=O) groups is 1. The number of amides is 1. The van der Waals surface area contributed by atoms with Gasteiger partial charge in [-0.1, -0.05) is 17.7 Å². The molecule has 7 heteroatoms. The Balaban J connectivity index is 1.80. The van der Waals surface area contributed by atoms with Crippen molar-refractivity contribution >= 4 is 5.91 Å². The summed E-state index contributed by atoms with van der Waals surface area (Å²) < 4.78 is 23.3. The average molecular weight is 351 g/mol. The molecule has 2 fully saturated rings. The molecule has 2 N–H and O–H groups in total. The Morgan fingerprint density at radius 1 is 1.32 bits per heavy atom. The molecule has 0 bridgehead atoms. The summed E-state index contributed by atoms with van der Waals surface area (Å²) >= 11 is 0. The lowest BCUT2D eigenvalue weighted by Crippen LogP contribution is -2.69. The number of fused-ring (bicyclic) bond motifs is 1. The molecule has 0 aliphatic carbocycles. The van der Waals surface area contributed by atoms with Crippen LogP contribution in [0.15, 0.2) is 24.3 Å². The van der Waals surface area contributed by atoms with Crippen molar-refractivity contribution in [2.24, 2.45) is 0 Å². The normalized spacial score (nSPS) is 34.0. The van der Waals surface area contributed by atoms with E-state index in [2.05, 4.69) is 5.32 Å². The van der Waals surface area contributed by atoms with Gasteiger partial charge in [-0.2, -0.15) is 0 Å². The molecule has 0 unspecified atom stereocenters. The van der Waals surface area contributed by atoms with E-state index in [4.69, 9.17) is 18.9 Å². The zero-order valence-electron chi connectivity index (χ0n) is 14.9. The zero-order chi connectivity index (χ0) is 18.2. The molecule has 0 radical (unpaired) electrons. The minimum absolute atomic E-state index is 0.273. The average Bonchev–Trinajstić information content (AvgIpc) is 2.53. The summed E-state index contributed by atoms with van der Waals surface area (Å²) in [7, 11) is 0. The van der Waals surface area contributed by atoms with Gasteiger partial charge in [0.05, 0.1) is 6.61 Å². The number of hydrogen-bond acceptors (Lipinski definition) is 6. The van der Waals surface area contributed by atoms with Crippen LogP contribution in [0.1, 0.15) is 26.3 Å². The summed E-state index contributed by atoms with van der Waals surface area (Å²) in [6, 6.07) is 6.71. The van der Waals surface area contributed by atoms with Crippen LogP contribution in [0.2, 0.25) is 0 Å². The van der Waals surface area contributed by atoms with Crippen LogP contribution in [-0.2, 0) is 19.0 Å². The molecule has 0 spiro atoms. The molecule has 2 aliphatic heterocycles. The van der Waals surface area contributed by atoms with Gasteiger partial charge in [-0.15, -0.1) is 0 Å². The number of aryl methyl sites for hydroxylation is 1. The first-order valence-electron chi connectivity index (χ1n) is 8.41. The van der Waals surface area contributed by atoms with Gasteiger partial charge < -0.3 is 29.4 Å². The number of rotatable bonds is 3. The molecule has 0 saturated carbocycles. The topological polar surface area (TPSA) is 86.3 Å². The largest absolute Gasteiger partial charge is 0.463 e. The monoisotopic (exact) mass is 351 g/mol. The number of hydrogen-bond donors (Lipinski definition) is 2. The van der Waals surface area contributed by atoms with E-state index < -0.39 is 36.4 Å². The standard InChI is InChI=1S/C18H25NO6/c1-10-5-7-12(8-6-10)23-17-14(19-11(2)20)15(21)16-13(24-17)9-22-18(3,4)25-16/h5-8,13-17,21H,9H2,1-4H3,(H,19,20)/t13-,14+,15-,16-,17-/m0/s1. The van der Waals surface area contributed by atoms with E-state index in [0.717, 1.165) is 5.56 Å². The van der Waals surface area contributed by atoms with Crippen molar-refractivity contribution in [1.82, 2.24) is 5.32 Å². The number of benzene rings is 1. The second-order valence-corrected chi connectivity index (χ2v) is 6.98. The molecule has 1 aromatic carbocycles. The summed E-state index contributed by atoms with van der Waals surface area (Å²) in [5, 5.41) is 13.5. The Hall–Kier alpha value is -1.67. The lowest BCUT2D eigenvalue weighted by atomic mass is 9.95. The number of carbonyl (C=O) groups excluding carboxylic acids is 1. The minimum atomic E-state index is -0.985. The van der Waals surface area contributed by atoms with Crippen molar-refractivity contribution in [2.45, 2.75) is 64.1 Å². The van der Waals surface area contributed by atoms with Gasteiger partial charge in [-0.3, -0.25) is 4.79 Å². The predicted molar refractivity (Wildman–Crippen MR) is 89.0 cm³/mol. The van der Waals surface area contributed by atoms with E-state index >= 15 is 0 Å². The lowest BCUT2D eigenvalue weighted by molar-refractivity contribution is -0.361. The second-order valence-electron chi connectivity index (χ2n) is 6.98. The van der Waals surface area contributed by atoms with Crippen LogP contribution in [-0.4, -0.2) is 54.1 Å². The highest BCUT2D eigenvalue weighted by Gasteiger charge is 2.52. The predicted octanol–water partition coefficient (Wildman–Crippen LogP) is 1.12. The molecule has 2 aliphatic rings. The van der Waals surface area contributed by atoms with Crippen molar-refractivity contribution in [3.05, 3.63) is 29.8 Å². The summed E-state index contributed by atoms with van der Waals surface area (Å²) in [5.41, 5.74) is 1.10. The fourth-order valence-electron chi connectivity index (χ4n) is 3.08. The molecule has 2 saturated heterocycles. The molecule has 5 atom stereocenters. The van der Waals surface area contributed by atoms with Crippen LogP contribution >= 0.6 is 0 Å². The molecule has 1 aromatic rings. The summed E-state index contributed by atoms with van der Waals surface area (Å²) in [6.45, 7) is 7.19. The molecule has 138 valence electrons. The lowest BCUT2D eigenvalue weighted by Gasteiger charge is -2.49. The van der Waals surface area contributed by atoms with E-state index in [1.165, 1.54) is 6.92 Å². The first kappa shape index (κ1) is 18.1. The number of aliphatic hydroxyl groups is 1. The molecule has 2 heterocycles. The van der Waals surface area contributed by atoms with Gasteiger partial charge in [0, 0.05) is 6.92 Å². The van der Waals surface area contributed by atoms with E-state index in [1.807, 2.05) is 31.2 Å². The van der Waals surface area contributed by atoms with E-state index in [9.17, 15) is 9.90 Å². The van der Waals surface area contributed by atoms with Crippen LogP contribution in [0.3, 0.4) is 0 Å². The Morgan fingerprint density at radius 2 is 2.00 bits per heavy atom. The summed E-state index contributed by atoms with van der Waals surface area (Å²) in [5.74, 6) is -0.513. The van der Waals surface area contributed by atoms with Crippen molar-refractivity contribution in [2.75, 3.05) is 6.61 Å². The van der Waals surface area contributed by atoms with Crippen molar-refractivity contribution in [1.29, 1.82) is 0 Å². The summed E-state index contributed by atoms with van der Waals surface area (Å²) in [4.78, 5) is 11.6. The Kier molecular flexibility index (Phi) is 5.02. The molecule has 7 nitrogen and oxygen atoms in total. The highest BCUT2D eigenvalue weighted by atomic mass is 16.8. The molecule has 3 rings (SSSR count). The van der Waals surface area contributed by atoms with E-state index in [1.54, 1.807) is 13.8 Å². The quantitative estimate of drug-likeness (QED) is 0.849. The van der Waals surface area contributed by atoms with Crippen molar-refractivity contribution in [3.63, 3.8) is 0 Å². The maximum Gasteiger partial charge on any atom is 0.223 e. The van der Waals surface area contributed by atoms with Crippen molar-refractivity contribution < 1.29 is 28.8 Å².